The van der Waals surface area contributed by atoms with Crippen molar-refractivity contribution in [3.05, 3.63) is 59.9 Å². The van der Waals surface area contributed by atoms with Gasteiger partial charge in [0.15, 0.2) is 0 Å². The molecule has 1 N–H and O–H groups in total. The molecule has 2 aromatic rings. The van der Waals surface area contributed by atoms with E-state index in [-0.39, 0.29) is 22.4 Å². The number of ether oxygens (including phenoxy) is 1. The van der Waals surface area contributed by atoms with Crippen LogP contribution in [0, 0.1) is 0 Å². The van der Waals surface area contributed by atoms with Crippen molar-refractivity contribution in [1.29, 1.82) is 0 Å². The molecule has 2 fully saturated rings. The predicted molar refractivity (Wildman–Crippen MR) is 139 cm³/mol. The number of aromatic nitrogens is 1. The van der Waals surface area contributed by atoms with E-state index in [4.69, 9.17) is 9.72 Å². The maximum atomic E-state index is 12.6. The molecule has 1 aromatic heterocycles. The van der Waals surface area contributed by atoms with E-state index >= 15 is 0 Å². The molecule has 35 heavy (non-hydrogen) atoms. The van der Waals surface area contributed by atoms with Gasteiger partial charge in [0.05, 0.1) is 17.3 Å². The molecule has 190 valence electrons. The van der Waals surface area contributed by atoms with Gasteiger partial charge in [-0.25, -0.2) is 4.79 Å². The largest absolute Gasteiger partial charge is 0.598 e. The summed E-state index contributed by atoms with van der Waals surface area (Å²) in [7, 11) is 0. The van der Waals surface area contributed by atoms with E-state index in [2.05, 4.69) is 21.8 Å². The van der Waals surface area contributed by atoms with Crippen LogP contribution in [0.2, 0.25) is 0 Å². The van der Waals surface area contributed by atoms with Crippen LogP contribution in [0.1, 0.15) is 70.7 Å². The van der Waals surface area contributed by atoms with Crippen molar-refractivity contribution in [3.63, 3.8) is 0 Å². The Labute approximate surface area is 212 Å². The molecule has 1 aliphatic heterocycles. The van der Waals surface area contributed by atoms with Gasteiger partial charge in [-0.05, 0) is 64.3 Å². The molecular weight excluding hydrogens is 460 g/mol. The normalized spacial score (nSPS) is 20.4. The highest BCUT2D eigenvalue weighted by Gasteiger charge is 2.44. The van der Waals surface area contributed by atoms with Gasteiger partial charge in [-0.1, -0.05) is 37.1 Å². The Morgan fingerprint density at radius 3 is 2.31 bits per heavy atom. The molecule has 1 saturated heterocycles. The zero-order chi connectivity index (χ0) is 25.1. The minimum absolute atomic E-state index is 0.0460. The van der Waals surface area contributed by atoms with Crippen LogP contribution in [0.3, 0.4) is 0 Å². The molecule has 0 spiro atoms. The Morgan fingerprint density at radius 2 is 1.74 bits per heavy atom. The lowest BCUT2D eigenvalue weighted by atomic mass is 9.89. The van der Waals surface area contributed by atoms with Gasteiger partial charge in [0, 0.05) is 43.7 Å². The number of rotatable bonds is 6. The first-order valence-corrected chi connectivity index (χ1v) is 13.8. The molecule has 1 aliphatic carbocycles. The summed E-state index contributed by atoms with van der Waals surface area (Å²) in [6.45, 7) is 10.8. The van der Waals surface area contributed by atoms with Crippen molar-refractivity contribution in [2.75, 3.05) is 26.2 Å². The topological polar surface area (TPSA) is 80.8 Å². The molecule has 1 amide bonds. The monoisotopic (exact) mass is 498 g/mol. The van der Waals surface area contributed by atoms with E-state index in [1.54, 1.807) is 17.0 Å². The lowest BCUT2D eigenvalue weighted by Crippen LogP contribution is -2.56. The quantitative estimate of drug-likeness (QED) is 0.578. The number of piperazine rings is 1. The zero-order valence-electron chi connectivity index (χ0n) is 21.3. The minimum Gasteiger partial charge on any atom is -0.598 e. The summed E-state index contributed by atoms with van der Waals surface area (Å²) in [6.07, 6.45) is 6.17. The van der Waals surface area contributed by atoms with Crippen molar-refractivity contribution in [3.8, 4) is 5.75 Å². The fraction of sp³-hybridized carbons (Fsp3) is 0.556. The van der Waals surface area contributed by atoms with Gasteiger partial charge in [-0.3, -0.25) is 9.88 Å². The highest BCUT2D eigenvalue weighted by atomic mass is 32.2. The molecule has 0 bridgehead atoms. The van der Waals surface area contributed by atoms with Crippen molar-refractivity contribution in [1.82, 2.24) is 19.5 Å². The third-order valence-electron chi connectivity index (χ3n) is 7.13. The Kier molecular flexibility index (Phi) is 8.06. The number of carbonyl (C=O) groups is 1. The number of amides is 1. The second-order valence-corrected chi connectivity index (χ2v) is 12.6. The maximum absolute atomic E-state index is 12.6. The molecule has 4 rings (SSSR count). The van der Waals surface area contributed by atoms with Gasteiger partial charge in [0.25, 0.3) is 0 Å². The van der Waals surface area contributed by atoms with Gasteiger partial charge in [0.2, 0.25) is 0 Å². The molecule has 2 atom stereocenters. The van der Waals surface area contributed by atoms with E-state index < -0.39 is 11.4 Å². The maximum Gasteiger partial charge on any atom is 0.415 e. The second kappa shape index (κ2) is 10.9. The lowest BCUT2D eigenvalue weighted by Gasteiger charge is -2.45. The number of carbonyl (C=O) groups excluding carboxylic acids is 1. The average molecular weight is 499 g/mol. The first-order valence-electron chi connectivity index (χ1n) is 12.6. The summed E-state index contributed by atoms with van der Waals surface area (Å²) in [5.41, 5.74) is 2.05. The second-order valence-electron chi connectivity index (χ2n) is 10.6. The number of nitrogens with one attached hydrogen (secondary N) is 1. The Hall–Kier alpha value is -2.13. The van der Waals surface area contributed by atoms with E-state index in [1.165, 1.54) is 12.8 Å². The van der Waals surface area contributed by atoms with Crippen LogP contribution in [0.5, 0.6) is 5.75 Å². The van der Waals surface area contributed by atoms with E-state index in [9.17, 15) is 9.35 Å². The van der Waals surface area contributed by atoms with Crippen LogP contribution < -0.4 is 9.46 Å². The molecular formula is C27H38N4O3S. The number of para-hydroxylation sites is 1. The molecule has 0 radical (unpaired) electrons. The summed E-state index contributed by atoms with van der Waals surface area (Å²) in [5, 5.41) is 0. The smallest absolute Gasteiger partial charge is 0.415 e. The average Bonchev–Trinajstić information content (AvgIpc) is 3.35. The number of pyridine rings is 1. The number of nitrogens with zero attached hydrogens (tertiary/aromatic N) is 3. The van der Waals surface area contributed by atoms with E-state index in [0.717, 1.165) is 37.2 Å². The van der Waals surface area contributed by atoms with Crippen LogP contribution in [-0.4, -0.2) is 56.4 Å². The van der Waals surface area contributed by atoms with Crippen LogP contribution in [0.4, 0.5) is 4.79 Å². The SMILES string of the molecule is C[C@H](N[S+]([O-])C(C)(C)C)c1ccc(C2(N3CCN(C(=O)Oc4ccccc4)CC3)CCCC2)nc1. The molecule has 1 unspecified atom stereocenters. The van der Waals surface area contributed by atoms with Crippen LogP contribution in [0.25, 0.3) is 0 Å². The molecule has 7 nitrogen and oxygen atoms in total. The van der Waals surface area contributed by atoms with Crippen LogP contribution >= 0.6 is 0 Å². The summed E-state index contributed by atoms with van der Waals surface area (Å²) in [4.78, 5) is 21.9. The summed E-state index contributed by atoms with van der Waals surface area (Å²) >= 11 is -1.14. The number of hydrogen-bond acceptors (Lipinski definition) is 6. The van der Waals surface area contributed by atoms with Gasteiger partial charge < -0.3 is 14.2 Å². The Bertz CT molecular complexity index is 966. The van der Waals surface area contributed by atoms with Gasteiger partial charge >= 0.3 is 6.09 Å². The van der Waals surface area contributed by atoms with Crippen molar-refractivity contribution in [2.24, 2.45) is 0 Å². The van der Waals surface area contributed by atoms with Crippen LogP contribution in [0.15, 0.2) is 48.7 Å². The predicted octanol–water partition coefficient (Wildman–Crippen LogP) is 4.78. The number of hydrogen-bond donors (Lipinski definition) is 1. The summed E-state index contributed by atoms with van der Waals surface area (Å²) in [5.74, 6) is 0.575. The summed E-state index contributed by atoms with van der Waals surface area (Å²) < 4.78 is 20.9. The first-order chi connectivity index (χ1) is 16.7. The van der Waals surface area contributed by atoms with Crippen LogP contribution in [-0.2, 0) is 16.9 Å². The van der Waals surface area contributed by atoms with E-state index in [0.29, 0.717) is 18.8 Å². The Balaban J connectivity index is 1.40. The Morgan fingerprint density at radius 1 is 1.09 bits per heavy atom. The fourth-order valence-electron chi connectivity index (χ4n) is 5.01. The highest BCUT2D eigenvalue weighted by molar-refractivity contribution is 7.90. The van der Waals surface area contributed by atoms with Crippen molar-refractivity contribution < 1.29 is 14.1 Å². The number of benzene rings is 1. The third-order valence-corrected chi connectivity index (χ3v) is 8.81. The van der Waals surface area contributed by atoms with Crippen molar-refractivity contribution in [2.45, 2.75) is 69.7 Å². The highest BCUT2D eigenvalue weighted by Crippen LogP contribution is 2.43. The van der Waals surface area contributed by atoms with Gasteiger partial charge in [-0.2, -0.15) is 0 Å². The lowest BCUT2D eigenvalue weighted by molar-refractivity contribution is 0.0329. The zero-order valence-corrected chi connectivity index (χ0v) is 22.1. The molecule has 1 aromatic carbocycles. The molecule has 2 aliphatic rings. The van der Waals surface area contributed by atoms with Gasteiger partial charge in [-0.15, -0.1) is 4.72 Å². The molecule has 2 heterocycles. The molecule has 8 heteroatoms. The third kappa shape index (κ3) is 6.00. The van der Waals surface area contributed by atoms with Crippen molar-refractivity contribution >= 4 is 17.5 Å². The first kappa shape index (κ1) is 25.9. The van der Waals surface area contributed by atoms with Gasteiger partial charge in [0.1, 0.15) is 10.5 Å². The fourth-order valence-corrected chi connectivity index (χ4v) is 5.82. The summed E-state index contributed by atoms with van der Waals surface area (Å²) in [6, 6.07) is 13.5. The standard InChI is InChI=1S/C27H38N4O3S/c1-21(29-35(33)26(2,3)4)22-12-13-24(28-20-22)27(14-8-9-15-27)31-18-16-30(17-19-31)25(32)34-23-10-6-5-7-11-23/h5-7,10-13,20-21,29H,8-9,14-19H2,1-4H3/t21-,35?/m0/s1. The van der Waals surface area contributed by atoms with E-state index in [1.807, 2.05) is 52.1 Å². The minimum atomic E-state index is -1.14. The molecule has 1 saturated carbocycles.